The Bertz CT molecular complexity index is 1160. The van der Waals surface area contributed by atoms with E-state index in [1.54, 1.807) is 24.3 Å². The van der Waals surface area contributed by atoms with Crippen molar-refractivity contribution in [1.82, 2.24) is 20.8 Å². The molecule has 0 saturated heterocycles. The van der Waals surface area contributed by atoms with Crippen LogP contribution < -0.4 is 16.0 Å². The third kappa shape index (κ3) is 4.78. The SMILES string of the molecule is O=C(Nc1n[nH]c(C(=O)NCc2ccc(C3=NCCN3)cc2)c1Br)c1ccccc1Cl. The number of amidine groups is 1. The van der Waals surface area contributed by atoms with Gasteiger partial charge in [0.1, 0.15) is 11.5 Å². The molecule has 4 rings (SSSR count). The van der Waals surface area contributed by atoms with E-state index in [-0.39, 0.29) is 17.4 Å². The minimum atomic E-state index is -0.425. The zero-order valence-corrected chi connectivity index (χ0v) is 18.5. The molecule has 158 valence electrons. The lowest BCUT2D eigenvalue weighted by Crippen LogP contribution is -2.24. The largest absolute Gasteiger partial charge is 0.368 e. The summed E-state index contributed by atoms with van der Waals surface area (Å²) in [6.45, 7) is 1.98. The first-order valence-electron chi connectivity index (χ1n) is 9.48. The number of carbonyl (C=O) groups excluding carboxylic acids is 2. The molecule has 2 aromatic carbocycles. The maximum Gasteiger partial charge on any atom is 0.270 e. The number of aromatic amines is 1. The number of hydrogen-bond acceptors (Lipinski definition) is 5. The number of rotatable bonds is 6. The van der Waals surface area contributed by atoms with Crippen molar-refractivity contribution < 1.29 is 9.59 Å². The van der Waals surface area contributed by atoms with Crippen molar-refractivity contribution in [3.05, 3.63) is 80.4 Å². The van der Waals surface area contributed by atoms with Crippen LogP contribution in [0.2, 0.25) is 5.02 Å². The number of halogens is 2. The van der Waals surface area contributed by atoms with Crippen LogP contribution >= 0.6 is 27.5 Å². The van der Waals surface area contributed by atoms with Gasteiger partial charge < -0.3 is 16.0 Å². The second kappa shape index (κ2) is 9.32. The molecular weight excluding hydrogens is 484 g/mol. The third-order valence-corrected chi connectivity index (χ3v) is 5.74. The number of aliphatic imine (C=N–C) groups is 1. The molecule has 0 spiro atoms. The highest BCUT2D eigenvalue weighted by atomic mass is 79.9. The van der Waals surface area contributed by atoms with E-state index in [1.165, 1.54) is 0 Å². The fourth-order valence-corrected chi connectivity index (χ4v) is 3.70. The summed E-state index contributed by atoms with van der Waals surface area (Å²) >= 11 is 9.37. The Morgan fingerprint density at radius 3 is 2.58 bits per heavy atom. The normalized spacial score (nSPS) is 12.8. The van der Waals surface area contributed by atoms with Crippen molar-refractivity contribution in [3.8, 4) is 0 Å². The highest BCUT2D eigenvalue weighted by Gasteiger charge is 2.20. The molecule has 0 fully saturated rings. The standard InChI is InChI=1S/C21H18BrClN6O2/c22-16-17(28-29-19(16)27-20(30)14-3-1-2-4-15(14)23)21(31)26-11-12-5-7-13(8-6-12)18-24-9-10-25-18/h1-8H,9-11H2,(H,24,25)(H,26,31)(H2,27,28,29,30). The van der Waals surface area contributed by atoms with Gasteiger partial charge in [-0.25, -0.2) is 0 Å². The number of H-pyrrole nitrogens is 1. The van der Waals surface area contributed by atoms with E-state index in [0.717, 1.165) is 30.1 Å². The van der Waals surface area contributed by atoms with Gasteiger partial charge in [0.25, 0.3) is 11.8 Å². The lowest BCUT2D eigenvalue weighted by atomic mass is 10.1. The van der Waals surface area contributed by atoms with E-state index in [9.17, 15) is 9.59 Å². The molecule has 0 unspecified atom stereocenters. The molecular formula is C21H18BrClN6O2. The van der Waals surface area contributed by atoms with Gasteiger partial charge in [-0.15, -0.1) is 0 Å². The molecule has 2 amide bonds. The Morgan fingerprint density at radius 1 is 1.10 bits per heavy atom. The Hall–Kier alpha value is -3.17. The summed E-state index contributed by atoms with van der Waals surface area (Å²) in [7, 11) is 0. The molecule has 10 heteroatoms. The molecule has 0 bridgehead atoms. The minimum absolute atomic E-state index is 0.198. The van der Waals surface area contributed by atoms with Crippen LogP contribution in [0.4, 0.5) is 5.82 Å². The maximum absolute atomic E-state index is 12.6. The minimum Gasteiger partial charge on any atom is -0.368 e. The van der Waals surface area contributed by atoms with Crippen LogP contribution in [-0.4, -0.2) is 40.9 Å². The molecule has 1 aliphatic rings. The number of nitrogens with zero attached hydrogens (tertiary/aromatic N) is 2. The first-order valence-corrected chi connectivity index (χ1v) is 10.7. The number of carbonyl (C=O) groups is 2. The van der Waals surface area contributed by atoms with Crippen LogP contribution in [0.15, 0.2) is 58.0 Å². The van der Waals surface area contributed by atoms with Crippen LogP contribution in [-0.2, 0) is 6.54 Å². The fourth-order valence-electron chi connectivity index (χ4n) is 3.02. The van der Waals surface area contributed by atoms with Gasteiger partial charge in [-0.2, -0.15) is 5.10 Å². The van der Waals surface area contributed by atoms with Gasteiger partial charge in [-0.3, -0.25) is 19.7 Å². The predicted molar refractivity (Wildman–Crippen MR) is 123 cm³/mol. The molecule has 1 aliphatic heterocycles. The summed E-state index contributed by atoms with van der Waals surface area (Å²) in [5.41, 5.74) is 2.48. The Morgan fingerprint density at radius 2 is 1.87 bits per heavy atom. The molecule has 0 atom stereocenters. The van der Waals surface area contributed by atoms with E-state index < -0.39 is 5.91 Å². The summed E-state index contributed by atoms with van der Waals surface area (Å²) < 4.78 is 0.353. The average Bonchev–Trinajstić information content (AvgIpc) is 3.43. The number of hydrogen-bond donors (Lipinski definition) is 4. The Labute approximate surface area is 191 Å². The Kier molecular flexibility index (Phi) is 6.34. The van der Waals surface area contributed by atoms with E-state index in [2.05, 4.69) is 47.1 Å². The predicted octanol–water partition coefficient (Wildman–Crippen LogP) is 3.36. The van der Waals surface area contributed by atoms with Gasteiger partial charge in [-0.1, -0.05) is 48.0 Å². The molecule has 0 saturated carbocycles. The molecule has 0 radical (unpaired) electrons. The first kappa shape index (κ1) is 21.1. The number of nitrogens with one attached hydrogen (secondary N) is 4. The van der Waals surface area contributed by atoms with Crippen LogP contribution in [0.1, 0.15) is 32.0 Å². The highest BCUT2D eigenvalue weighted by Crippen LogP contribution is 2.25. The fraction of sp³-hybridized carbons (Fsp3) is 0.143. The molecule has 0 aliphatic carbocycles. The van der Waals surface area contributed by atoms with E-state index in [4.69, 9.17) is 11.6 Å². The highest BCUT2D eigenvalue weighted by molar-refractivity contribution is 9.10. The Balaban J connectivity index is 1.37. The van der Waals surface area contributed by atoms with Crippen LogP contribution in [0.3, 0.4) is 0 Å². The number of amides is 2. The quantitative estimate of drug-likeness (QED) is 0.415. The van der Waals surface area contributed by atoms with Gasteiger partial charge in [0.05, 0.1) is 21.6 Å². The molecule has 8 nitrogen and oxygen atoms in total. The van der Waals surface area contributed by atoms with Crippen LogP contribution in [0.25, 0.3) is 0 Å². The van der Waals surface area contributed by atoms with Crippen LogP contribution in [0.5, 0.6) is 0 Å². The first-order chi connectivity index (χ1) is 15.0. The lowest BCUT2D eigenvalue weighted by Gasteiger charge is -2.07. The lowest BCUT2D eigenvalue weighted by molar-refractivity contribution is 0.0944. The smallest absolute Gasteiger partial charge is 0.270 e. The summed E-state index contributed by atoms with van der Waals surface area (Å²) in [6.07, 6.45) is 0. The second-order valence-corrected chi connectivity index (χ2v) is 7.93. The molecule has 2 heterocycles. The van der Waals surface area contributed by atoms with Crippen molar-refractivity contribution >= 4 is 51.0 Å². The molecule has 3 aromatic rings. The summed E-state index contributed by atoms with van der Waals surface area (Å²) in [6, 6.07) is 14.5. The maximum atomic E-state index is 12.6. The van der Waals surface area contributed by atoms with Crippen molar-refractivity contribution in [2.24, 2.45) is 4.99 Å². The topological polar surface area (TPSA) is 111 Å². The molecule has 1 aromatic heterocycles. The van der Waals surface area contributed by atoms with Gasteiger partial charge in [0.2, 0.25) is 0 Å². The van der Waals surface area contributed by atoms with E-state index in [0.29, 0.717) is 21.6 Å². The zero-order chi connectivity index (χ0) is 21.8. The third-order valence-electron chi connectivity index (χ3n) is 4.64. The summed E-state index contributed by atoms with van der Waals surface area (Å²) in [4.78, 5) is 29.4. The summed E-state index contributed by atoms with van der Waals surface area (Å²) in [5.74, 6) is 0.308. The molecule has 31 heavy (non-hydrogen) atoms. The van der Waals surface area contributed by atoms with Gasteiger partial charge >= 0.3 is 0 Å². The molecule has 4 N–H and O–H groups in total. The number of benzene rings is 2. The zero-order valence-electron chi connectivity index (χ0n) is 16.2. The van der Waals surface area contributed by atoms with Crippen molar-refractivity contribution in [2.45, 2.75) is 6.54 Å². The number of anilines is 1. The monoisotopic (exact) mass is 500 g/mol. The van der Waals surface area contributed by atoms with Crippen molar-refractivity contribution in [3.63, 3.8) is 0 Å². The van der Waals surface area contributed by atoms with Gasteiger partial charge in [0.15, 0.2) is 5.82 Å². The van der Waals surface area contributed by atoms with E-state index in [1.807, 2.05) is 24.3 Å². The average molecular weight is 502 g/mol. The van der Waals surface area contributed by atoms with Gasteiger partial charge in [-0.05, 0) is 33.6 Å². The second-order valence-electron chi connectivity index (χ2n) is 6.73. The summed E-state index contributed by atoms with van der Waals surface area (Å²) in [5, 5.41) is 15.7. The van der Waals surface area contributed by atoms with Gasteiger partial charge in [0, 0.05) is 18.7 Å². The van der Waals surface area contributed by atoms with Crippen molar-refractivity contribution in [1.29, 1.82) is 0 Å². The van der Waals surface area contributed by atoms with Crippen LogP contribution in [0, 0.1) is 0 Å². The number of aromatic nitrogens is 2. The van der Waals surface area contributed by atoms with E-state index >= 15 is 0 Å². The van der Waals surface area contributed by atoms with Crippen molar-refractivity contribution in [2.75, 3.05) is 18.4 Å².